The van der Waals surface area contributed by atoms with Gasteiger partial charge in [-0.1, -0.05) is 212 Å². The van der Waals surface area contributed by atoms with E-state index in [4.69, 9.17) is 0 Å². The molecule has 0 radical (unpaired) electrons. The maximum Gasteiger partial charge on any atom is 0.0435 e. The van der Waals surface area contributed by atoms with Crippen LogP contribution in [0.1, 0.15) is 23.6 Å². The lowest BCUT2D eigenvalue weighted by Gasteiger charge is -2.28. The van der Waals surface area contributed by atoms with Gasteiger partial charge in [0.05, 0.1) is 0 Å². The van der Waals surface area contributed by atoms with Gasteiger partial charge in [-0.05, 0) is 170 Å². The normalized spacial score (nSPS) is 14.2. The Labute approximate surface area is 385 Å². The third-order valence-electron chi connectivity index (χ3n) is 14.5. The first kappa shape index (κ1) is 38.2. The summed E-state index contributed by atoms with van der Waals surface area (Å²) in [6.45, 7) is 2.40. The first-order chi connectivity index (χ1) is 32.6. The number of hydrogen-bond donors (Lipinski definition) is 0. The summed E-state index contributed by atoms with van der Waals surface area (Å²) in [6, 6.07) is 92.6. The molecule has 0 N–H and O–H groups in total. The summed E-state index contributed by atoms with van der Waals surface area (Å²) in [5, 5.41) is 9.98. The Kier molecular flexibility index (Phi) is 8.76. The van der Waals surface area contributed by atoms with Gasteiger partial charge in [-0.3, -0.25) is 0 Å². The Morgan fingerprint density at radius 3 is 1.58 bits per heavy atom. The number of rotatable bonds is 6. The highest BCUT2D eigenvalue weighted by atomic mass is 14.4. The van der Waals surface area contributed by atoms with E-state index in [1.807, 2.05) is 0 Å². The third-order valence-corrected chi connectivity index (χ3v) is 14.5. The van der Waals surface area contributed by atoms with Crippen LogP contribution in [0.25, 0.3) is 110 Å². The molecule has 0 saturated carbocycles. The number of fused-ring (bicyclic) bond motifs is 8. The summed E-state index contributed by atoms with van der Waals surface area (Å²) < 4.78 is 0. The zero-order valence-corrected chi connectivity index (χ0v) is 36.7. The van der Waals surface area contributed by atoms with Crippen molar-refractivity contribution in [2.24, 2.45) is 0 Å². The summed E-state index contributed by atoms with van der Waals surface area (Å²) in [6.07, 6.45) is 0. The van der Waals surface area contributed by atoms with E-state index in [-0.39, 0.29) is 5.41 Å². The van der Waals surface area contributed by atoms with Gasteiger partial charge in [-0.15, -0.1) is 0 Å². The fourth-order valence-corrected chi connectivity index (χ4v) is 11.3. The van der Waals surface area contributed by atoms with E-state index in [2.05, 4.69) is 256 Å². The van der Waals surface area contributed by atoms with Crippen LogP contribution in [-0.2, 0) is 5.41 Å². The van der Waals surface area contributed by atoms with Crippen molar-refractivity contribution in [3.8, 4) is 66.8 Å². The SMILES string of the molecule is CC1(c2ccccc2)c2ccccc2-c2cc3ccc(-c4cc(-c5ccccc5)cc(-c5c6ccccc6c(-c6ccccc6-c6ccccc6)c6ccc7ccccc7c56)c4)cc3cc21. The molecule has 0 aliphatic heterocycles. The zero-order valence-electron chi connectivity index (χ0n) is 36.7. The van der Waals surface area contributed by atoms with E-state index >= 15 is 0 Å². The first-order valence-electron chi connectivity index (χ1n) is 23.1. The van der Waals surface area contributed by atoms with E-state index in [9.17, 15) is 0 Å². The van der Waals surface area contributed by atoms with Crippen LogP contribution in [0, 0.1) is 0 Å². The minimum Gasteiger partial charge on any atom is -0.0622 e. The predicted molar refractivity (Wildman–Crippen MR) is 281 cm³/mol. The fraction of sp³-hybridized carbons (Fsp3) is 0.0303. The first-order valence-corrected chi connectivity index (χ1v) is 23.1. The van der Waals surface area contributed by atoms with Crippen molar-refractivity contribution in [3.63, 3.8) is 0 Å². The van der Waals surface area contributed by atoms with Gasteiger partial charge in [0.25, 0.3) is 0 Å². The Balaban J connectivity index is 1.08. The molecule has 1 unspecified atom stereocenters. The van der Waals surface area contributed by atoms with E-state index in [1.165, 1.54) is 127 Å². The quantitative estimate of drug-likeness (QED) is 0.116. The van der Waals surface area contributed by atoms with Crippen molar-refractivity contribution in [1.29, 1.82) is 0 Å². The second-order valence-electron chi connectivity index (χ2n) is 18.1. The summed E-state index contributed by atoms with van der Waals surface area (Å²) in [4.78, 5) is 0. The molecule has 13 rings (SSSR count). The van der Waals surface area contributed by atoms with E-state index < -0.39 is 0 Å². The van der Waals surface area contributed by atoms with Crippen LogP contribution in [0.5, 0.6) is 0 Å². The average Bonchev–Trinajstić information content (AvgIpc) is 3.64. The summed E-state index contributed by atoms with van der Waals surface area (Å²) >= 11 is 0. The van der Waals surface area contributed by atoms with Gasteiger partial charge in [0.15, 0.2) is 0 Å². The third kappa shape index (κ3) is 5.92. The highest BCUT2D eigenvalue weighted by molar-refractivity contribution is 6.28. The zero-order chi connectivity index (χ0) is 43.8. The molecule has 0 heterocycles. The van der Waals surface area contributed by atoms with Crippen molar-refractivity contribution in [2.45, 2.75) is 12.3 Å². The van der Waals surface area contributed by atoms with Gasteiger partial charge < -0.3 is 0 Å². The van der Waals surface area contributed by atoms with Gasteiger partial charge in [0.2, 0.25) is 0 Å². The maximum absolute atomic E-state index is 2.47. The Bertz CT molecular complexity index is 3860. The lowest BCUT2D eigenvalue weighted by atomic mass is 9.74. The smallest absolute Gasteiger partial charge is 0.0435 e. The molecule has 0 spiro atoms. The van der Waals surface area contributed by atoms with Gasteiger partial charge in [-0.25, -0.2) is 0 Å². The molecule has 0 nitrogen and oxygen atoms in total. The Morgan fingerprint density at radius 1 is 0.258 bits per heavy atom. The molecule has 0 amide bonds. The highest BCUT2D eigenvalue weighted by Crippen LogP contribution is 2.54. The molecular formula is C66H44. The highest BCUT2D eigenvalue weighted by Gasteiger charge is 2.40. The van der Waals surface area contributed by atoms with Crippen LogP contribution >= 0.6 is 0 Å². The molecule has 12 aromatic carbocycles. The molecule has 0 heteroatoms. The largest absolute Gasteiger partial charge is 0.0622 e. The lowest BCUT2D eigenvalue weighted by Crippen LogP contribution is -2.22. The minimum atomic E-state index is -0.267. The van der Waals surface area contributed by atoms with Crippen LogP contribution in [0.2, 0.25) is 0 Å². The van der Waals surface area contributed by atoms with Crippen molar-refractivity contribution >= 4 is 43.1 Å². The molecule has 308 valence electrons. The van der Waals surface area contributed by atoms with E-state index in [0.29, 0.717) is 0 Å². The summed E-state index contributed by atoms with van der Waals surface area (Å²) in [7, 11) is 0. The van der Waals surface area contributed by atoms with Crippen LogP contribution in [0.4, 0.5) is 0 Å². The molecule has 0 fully saturated rings. The molecule has 0 bridgehead atoms. The Hall–Kier alpha value is -8.32. The number of hydrogen-bond acceptors (Lipinski definition) is 0. The molecule has 0 saturated heterocycles. The van der Waals surface area contributed by atoms with E-state index in [0.717, 1.165) is 0 Å². The number of benzene rings is 12. The van der Waals surface area contributed by atoms with Crippen LogP contribution in [-0.4, -0.2) is 0 Å². The minimum absolute atomic E-state index is 0.267. The monoisotopic (exact) mass is 836 g/mol. The summed E-state index contributed by atoms with van der Waals surface area (Å²) in [5.41, 5.74) is 18.6. The molecule has 1 atom stereocenters. The Morgan fingerprint density at radius 2 is 0.818 bits per heavy atom. The van der Waals surface area contributed by atoms with Crippen molar-refractivity contribution in [2.75, 3.05) is 0 Å². The molecule has 1 aliphatic carbocycles. The van der Waals surface area contributed by atoms with Gasteiger partial charge >= 0.3 is 0 Å². The standard InChI is InChI=1S/C66H44/c1-66(52-24-9-4-10-25-52)61-32-18-17-28-55(61)60-41-47-34-33-46(37-50(47)42-62(60)66)49-38-48(43-19-5-2-6-20-43)39-51(40-49)63-57-30-15-16-31-58(57)64(59-36-35-45-23-11-12-27-54(45)65(59)63)56-29-14-13-26-53(56)44-21-7-3-8-22-44/h2-42H,1H3. The van der Waals surface area contributed by atoms with Crippen molar-refractivity contribution in [1.82, 2.24) is 0 Å². The average molecular weight is 837 g/mol. The van der Waals surface area contributed by atoms with Crippen LogP contribution < -0.4 is 0 Å². The summed E-state index contributed by atoms with van der Waals surface area (Å²) in [5.74, 6) is 0. The second-order valence-corrected chi connectivity index (χ2v) is 18.1. The van der Waals surface area contributed by atoms with Gasteiger partial charge in [0.1, 0.15) is 0 Å². The second kappa shape index (κ2) is 15.2. The van der Waals surface area contributed by atoms with Crippen LogP contribution in [0.3, 0.4) is 0 Å². The molecular weight excluding hydrogens is 793 g/mol. The predicted octanol–water partition coefficient (Wildman–Crippen LogP) is 18.0. The maximum atomic E-state index is 2.47. The fourth-order valence-electron chi connectivity index (χ4n) is 11.3. The van der Waals surface area contributed by atoms with E-state index in [1.54, 1.807) is 0 Å². The van der Waals surface area contributed by atoms with Crippen molar-refractivity contribution < 1.29 is 0 Å². The van der Waals surface area contributed by atoms with Crippen LogP contribution in [0.15, 0.2) is 249 Å². The molecule has 0 aromatic heterocycles. The van der Waals surface area contributed by atoms with Gasteiger partial charge in [0, 0.05) is 5.41 Å². The molecule has 12 aromatic rings. The van der Waals surface area contributed by atoms with Gasteiger partial charge in [-0.2, -0.15) is 0 Å². The lowest BCUT2D eigenvalue weighted by molar-refractivity contribution is 0.715. The molecule has 66 heavy (non-hydrogen) atoms. The molecule has 1 aliphatic rings. The van der Waals surface area contributed by atoms with Crippen molar-refractivity contribution in [3.05, 3.63) is 265 Å². The topological polar surface area (TPSA) is 0 Å².